The third-order valence-electron chi connectivity index (χ3n) is 5.66. The Labute approximate surface area is 115 Å². The van der Waals surface area contributed by atoms with Crippen molar-refractivity contribution in [1.82, 2.24) is 0 Å². The molecular formula is C15H28O4. The van der Waals surface area contributed by atoms with E-state index in [0.29, 0.717) is 5.92 Å². The van der Waals surface area contributed by atoms with Crippen LogP contribution in [0.5, 0.6) is 0 Å². The minimum atomic E-state index is -1.18. The molecule has 0 aromatic rings. The van der Waals surface area contributed by atoms with Crippen LogP contribution in [0.2, 0.25) is 0 Å². The Morgan fingerprint density at radius 2 is 1.89 bits per heavy atom. The van der Waals surface area contributed by atoms with Gasteiger partial charge in [-0.05, 0) is 58.3 Å². The highest BCUT2D eigenvalue weighted by Gasteiger charge is 2.54. The van der Waals surface area contributed by atoms with Gasteiger partial charge in [-0.1, -0.05) is 6.92 Å². The van der Waals surface area contributed by atoms with Crippen molar-refractivity contribution < 1.29 is 20.1 Å². The molecule has 2 rings (SSSR count). The predicted octanol–water partition coefficient (Wildman–Crippen LogP) is 1.46. The molecule has 6 unspecified atom stereocenters. The fourth-order valence-corrected chi connectivity index (χ4v) is 3.87. The van der Waals surface area contributed by atoms with Crippen LogP contribution in [0.15, 0.2) is 0 Å². The van der Waals surface area contributed by atoms with Gasteiger partial charge in [-0.2, -0.15) is 0 Å². The third kappa shape index (κ3) is 2.56. The molecule has 19 heavy (non-hydrogen) atoms. The first kappa shape index (κ1) is 15.2. The zero-order valence-corrected chi connectivity index (χ0v) is 12.5. The monoisotopic (exact) mass is 272 g/mol. The molecule has 4 heteroatoms. The van der Waals surface area contributed by atoms with Gasteiger partial charge in [-0.15, -0.1) is 0 Å². The quantitative estimate of drug-likeness (QED) is 0.727. The maximum atomic E-state index is 10.3. The van der Waals surface area contributed by atoms with Gasteiger partial charge in [0.2, 0.25) is 0 Å². The number of hydrogen-bond donors (Lipinski definition) is 3. The topological polar surface area (TPSA) is 69.9 Å². The second kappa shape index (κ2) is 4.69. The Bertz CT molecular complexity index is 339. The van der Waals surface area contributed by atoms with Gasteiger partial charge in [0.25, 0.3) is 0 Å². The molecule has 6 atom stereocenters. The molecule has 0 aromatic carbocycles. The summed E-state index contributed by atoms with van der Waals surface area (Å²) in [4.78, 5) is 0. The van der Waals surface area contributed by atoms with E-state index in [4.69, 9.17) is 4.74 Å². The van der Waals surface area contributed by atoms with E-state index in [1.54, 1.807) is 6.92 Å². The largest absolute Gasteiger partial charge is 0.393 e. The lowest BCUT2D eigenvalue weighted by atomic mass is 9.77. The average molecular weight is 272 g/mol. The summed E-state index contributed by atoms with van der Waals surface area (Å²) in [6.45, 7) is 7.41. The highest BCUT2D eigenvalue weighted by Crippen LogP contribution is 2.51. The Balaban J connectivity index is 2.10. The van der Waals surface area contributed by atoms with Gasteiger partial charge in [0, 0.05) is 0 Å². The van der Waals surface area contributed by atoms with Gasteiger partial charge in [-0.25, -0.2) is 0 Å². The molecule has 4 nitrogen and oxygen atoms in total. The van der Waals surface area contributed by atoms with Crippen LogP contribution in [0.4, 0.5) is 0 Å². The van der Waals surface area contributed by atoms with Gasteiger partial charge in [0.1, 0.15) is 5.60 Å². The van der Waals surface area contributed by atoms with E-state index in [0.717, 1.165) is 25.7 Å². The van der Waals surface area contributed by atoms with E-state index in [1.807, 2.05) is 6.92 Å². The van der Waals surface area contributed by atoms with Crippen LogP contribution in [-0.2, 0) is 4.74 Å². The molecule has 0 aromatic heterocycles. The Morgan fingerprint density at radius 1 is 1.26 bits per heavy atom. The zero-order chi connectivity index (χ0) is 14.5. The van der Waals surface area contributed by atoms with E-state index in [9.17, 15) is 15.3 Å². The van der Waals surface area contributed by atoms with Crippen molar-refractivity contribution in [1.29, 1.82) is 0 Å². The maximum absolute atomic E-state index is 10.3. The van der Waals surface area contributed by atoms with Gasteiger partial charge < -0.3 is 20.1 Å². The molecule has 2 fully saturated rings. The zero-order valence-electron chi connectivity index (χ0n) is 12.5. The summed E-state index contributed by atoms with van der Waals surface area (Å²) >= 11 is 0. The molecule has 1 aliphatic heterocycles. The Kier molecular flexibility index (Phi) is 3.76. The molecule has 0 amide bonds. The summed E-state index contributed by atoms with van der Waals surface area (Å²) in [5.74, 6) is 0.498. The Hall–Kier alpha value is -0.160. The van der Waals surface area contributed by atoms with E-state index in [-0.39, 0.29) is 24.2 Å². The lowest BCUT2D eigenvalue weighted by molar-refractivity contribution is -0.161. The van der Waals surface area contributed by atoms with Crippen molar-refractivity contribution in [2.75, 3.05) is 6.61 Å². The molecule has 1 saturated heterocycles. The molecule has 3 N–H and O–H groups in total. The molecule has 0 bridgehead atoms. The van der Waals surface area contributed by atoms with E-state index < -0.39 is 11.2 Å². The van der Waals surface area contributed by atoms with Crippen LogP contribution < -0.4 is 0 Å². The molecule has 0 radical (unpaired) electrons. The summed E-state index contributed by atoms with van der Waals surface area (Å²) in [5.41, 5.74) is -2.10. The summed E-state index contributed by atoms with van der Waals surface area (Å²) in [7, 11) is 0. The predicted molar refractivity (Wildman–Crippen MR) is 72.7 cm³/mol. The van der Waals surface area contributed by atoms with Crippen LogP contribution >= 0.6 is 0 Å². The fourth-order valence-electron chi connectivity index (χ4n) is 3.87. The number of aliphatic hydroxyl groups excluding tert-OH is 1. The van der Waals surface area contributed by atoms with Crippen molar-refractivity contribution >= 4 is 0 Å². The molecule has 112 valence electrons. The van der Waals surface area contributed by atoms with Crippen molar-refractivity contribution in [3.8, 4) is 0 Å². The van der Waals surface area contributed by atoms with Crippen molar-refractivity contribution in [3.05, 3.63) is 0 Å². The highest BCUT2D eigenvalue weighted by atomic mass is 16.5. The van der Waals surface area contributed by atoms with Crippen LogP contribution in [0, 0.1) is 11.8 Å². The first-order valence-electron chi connectivity index (χ1n) is 7.36. The van der Waals surface area contributed by atoms with Crippen molar-refractivity contribution in [2.45, 2.75) is 76.3 Å². The van der Waals surface area contributed by atoms with Crippen LogP contribution in [-0.4, -0.2) is 44.8 Å². The first-order valence-corrected chi connectivity index (χ1v) is 7.36. The van der Waals surface area contributed by atoms with Gasteiger partial charge in [0.05, 0.1) is 23.9 Å². The fraction of sp³-hybridized carbons (Fsp3) is 1.00. The van der Waals surface area contributed by atoms with Crippen molar-refractivity contribution in [3.63, 3.8) is 0 Å². The average Bonchev–Trinajstić information content (AvgIpc) is 2.84. The highest BCUT2D eigenvalue weighted by molar-refractivity contribution is 5.04. The number of rotatable bonds is 3. The number of hydrogen-bond acceptors (Lipinski definition) is 4. The minimum absolute atomic E-state index is 0.190. The minimum Gasteiger partial charge on any atom is -0.393 e. The molecule has 2 aliphatic rings. The van der Waals surface area contributed by atoms with E-state index >= 15 is 0 Å². The standard InChI is InChI=1S/C15H28O4/c1-10-11(5-7-13(10,2)17)15(4)8-6-12(19-15)14(3,18)9-16/h10-12,16-18H,5-9H2,1-4H3. The molecule has 1 aliphatic carbocycles. The summed E-state index contributed by atoms with van der Waals surface area (Å²) in [6.07, 6.45) is 3.08. The number of ether oxygens (including phenoxy) is 1. The lowest BCUT2D eigenvalue weighted by Crippen LogP contribution is -2.46. The van der Waals surface area contributed by atoms with Crippen LogP contribution in [0.25, 0.3) is 0 Å². The van der Waals surface area contributed by atoms with Gasteiger partial charge in [-0.3, -0.25) is 0 Å². The lowest BCUT2D eigenvalue weighted by Gasteiger charge is -2.38. The smallest absolute Gasteiger partial charge is 0.111 e. The van der Waals surface area contributed by atoms with Crippen LogP contribution in [0.1, 0.15) is 53.4 Å². The van der Waals surface area contributed by atoms with Crippen LogP contribution in [0.3, 0.4) is 0 Å². The summed E-state index contributed by atoms with van der Waals surface area (Å²) < 4.78 is 6.13. The molecule has 0 spiro atoms. The van der Waals surface area contributed by atoms with Gasteiger partial charge in [0.15, 0.2) is 0 Å². The van der Waals surface area contributed by atoms with Crippen molar-refractivity contribution in [2.24, 2.45) is 11.8 Å². The second-order valence-electron chi connectivity index (χ2n) is 7.26. The number of aliphatic hydroxyl groups is 3. The normalized spacial score (nSPS) is 50.4. The molecule has 1 saturated carbocycles. The Morgan fingerprint density at radius 3 is 2.37 bits per heavy atom. The third-order valence-corrected chi connectivity index (χ3v) is 5.66. The van der Waals surface area contributed by atoms with E-state index in [2.05, 4.69) is 13.8 Å². The summed E-state index contributed by atoms with van der Waals surface area (Å²) in [5, 5.41) is 29.7. The molecular weight excluding hydrogens is 244 g/mol. The molecule has 1 heterocycles. The second-order valence-corrected chi connectivity index (χ2v) is 7.26. The van der Waals surface area contributed by atoms with E-state index in [1.165, 1.54) is 0 Å². The summed E-state index contributed by atoms with van der Waals surface area (Å²) in [6, 6.07) is 0. The SMILES string of the molecule is CC1C(C2(C)CCC(C(C)(O)CO)O2)CCC1(C)O. The first-order chi connectivity index (χ1) is 8.62. The maximum Gasteiger partial charge on any atom is 0.111 e. The van der Waals surface area contributed by atoms with Gasteiger partial charge >= 0.3 is 0 Å².